The third kappa shape index (κ3) is 5.88. The van der Waals surface area contributed by atoms with Crippen molar-refractivity contribution in [2.75, 3.05) is 36.2 Å². The van der Waals surface area contributed by atoms with Crippen LogP contribution >= 0.6 is 0 Å². The molecule has 2 saturated heterocycles. The molecule has 2 aliphatic rings. The Morgan fingerprint density at radius 3 is 1.50 bits per heavy atom. The molecule has 3 nitrogen and oxygen atoms in total. The number of ether oxygens (including phenoxy) is 1. The average Bonchev–Trinajstić information content (AvgIpc) is 2.21. The van der Waals surface area contributed by atoms with E-state index >= 15 is 0 Å². The van der Waals surface area contributed by atoms with E-state index in [1.54, 1.807) is 0 Å². The predicted molar refractivity (Wildman–Crippen MR) is 60.4 cm³/mol. The van der Waals surface area contributed by atoms with Crippen LogP contribution in [0.3, 0.4) is 0 Å². The van der Waals surface area contributed by atoms with E-state index in [0.717, 1.165) is 23.0 Å². The molecule has 0 aliphatic carbocycles. The molecule has 0 saturated carbocycles. The van der Waals surface area contributed by atoms with Crippen LogP contribution < -0.4 is 0 Å². The van der Waals surface area contributed by atoms with Crippen molar-refractivity contribution < 1.29 is 13.2 Å². The summed E-state index contributed by atoms with van der Waals surface area (Å²) in [7, 11) is -1.01. The first-order valence-corrected chi connectivity index (χ1v) is 8.04. The summed E-state index contributed by atoms with van der Waals surface area (Å²) in [4.78, 5) is 0. The second-order valence-corrected chi connectivity index (χ2v) is 6.76. The van der Waals surface area contributed by atoms with Gasteiger partial charge in [-0.15, -0.1) is 0 Å². The minimum atomic E-state index is -0.565. The van der Waals surface area contributed by atoms with Gasteiger partial charge in [0, 0.05) is 44.6 Å². The second kappa shape index (κ2) is 7.54. The van der Waals surface area contributed by atoms with E-state index in [9.17, 15) is 8.42 Å². The smallest absolute Gasteiger partial charge is 0.0582 e. The Labute approximate surface area is 90.5 Å². The van der Waals surface area contributed by atoms with Gasteiger partial charge < -0.3 is 4.74 Å². The van der Waals surface area contributed by atoms with Gasteiger partial charge in [0.05, 0.1) is 13.2 Å². The quantitative estimate of drug-likeness (QED) is 0.623. The highest BCUT2D eigenvalue weighted by atomic mass is 32.2. The van der Waals surface area contributed by atoms with Crippen molar-refractivity contribution in [3.8, 4) is 0 Å². The molecule has 0 unspecified atom stereocenters. The molecule has 0 aromatic rings. The maximum Gasteiger partial charge on any atom is 0.0582 e. The van der Waals surface area contributed by atoms with E-state index in [0.29, 0.717) is 13.2 Å². The lowest BCUT2D eigenvalue weighted by Crippen LogP contribution is -2.19. The van der Waals surface area contributed by atoms with Gasteiger partial charge in [0.1, 0.15) is 0 Å². The highest BCUT2D eigenvalue weighted by Crippen LogP contribution is 2.05. The highest BCUT2D eigenvalue weighted by Gasteiger charge is 2.04. The molecule has 2 heterocycles. The van der Waals surface area contributed by atoms with Crippen LogP contribution in [0.4, 0.5) is 0 Å². The van der Waals surface area contributed by atoms with E-state index in [-0.39, 0.29) is 0 Å². The lowest BCUT2D eigenvalue weighted by Gasteiger charge is -2.08. The first-order valence-electron chi connectivity index (χ1n) is 5.07. The fraction of sp³-hybridized carbons (Fsp3) is 1.00. The molecule has 0 radical (unpaired) electrons. The Morgan fingerprint density at radius 2 is 1.21 bits per heavy atom. The van der Waals surface area contributed by atoms with Gasteiger partial charge in [-0.05, 0) is 12.8 Å². The van der Waals surface area contributed by atoms with Crippen molar-refractivity contribution in [1.29, 1.82) is 0 Å². The molecule has 2 fully saturated rings. The molecule has 84 valence electrons. The van der Waals surface area contributed by atoms with Crippen molar-refractivity contribution in [3.63, 3.8) is 0 Å². The zero-order valence-corrected chi connectivity index (χ0v) is 10.0. The van der Waals surface area contributed by atoms with Gasteiger partial charge in [-0.2, -0.15) is 0 Å². The van der Waals surface area contributed by atoms with Gasteiger partial charge in [-0.1, -0.05) is 6.42 Å². The van der Waals surface area contributed by atoms with E-state index in [2.05, 4.69) is 0 Å². The third-order valence-electron chi connectivity index (χ3n) is 2.15. The Balaban J connectivity index is 0.000000140. The summed E-state index contributed by atoms with van der Waals surface area (Å²) < 4.78 is 26.0. The number of rotatable bonds is 0. The highest BCUT2D eigenvalue weighted by molar-refractivity contribution is 7.85. The summed E-state index contributed by atoms with van der Waals surface area (Å²) in [6.45, 7) is 1.37. The van der Waals surface area contributed by atoms with Gasteiger partial charge in [0.2, 0.25) is 0 Å². The van der Waals surface area contributed by atoms with Crippen LogP contribution in [0.15, 0.2) is 0 Å². The molecule has 14 heavy (non-hydrogen) atoms. The Kier molecular flexibility index (Phi) is 6.64. The minimum absolute atomic E-state index is 0.440. The number of hydrogen-bond donors (Lipinski definition) is 0. The standard InChI is InChI=1S/C5H10OS.C4H8O2S/c6-7-4-2-1-3-5-7;5-7-3-1-6-2-4-7/h1-5H2;1-4H2. The lowest BCUT2D eigenvalue weighted by atomic mass is 10.3. The maximum atomic E-state index is 10.6. The summed E-state index contributed by atoms with van der Waals surface area (Å²) in [6.07, 6.45) is 3.67. The molecule has 0 aromatic heterocycles. The van der Waals surface area contributed by atoms with Crippen LogP contribution in [-0.4, -0.2) is 44.6 Å². The van der Waals surface area contributed by atoms with Crippen molar-refractivity contribution in [2.45, 2.75) is 19.3 Å². The van der Waals surface area contributed by atoms with E-state index in [1.807, 2.05) is 0 Å². The SMILES string of the molecule is O=S1CCCCC1.O=S1CCOCC1. The van der Waals surface area contributed by atoms with E-state index in [4.69, 9.17) is 4.74 Å². The first kappa shape index (κ1) is 12.3. The predicted octanol–water partition coefficient (Wildman–Crippen LogP) is 0.684. The van der Waals surface area contributed by atoms with Gasteiger partial charge in [-0.25, -0.2) is 0 Å². The molecule has 2 aliphatic heterocycles. The van der Waals surface area contributed by atoms with Crippen molar-refractivity contribution in [1.82, 2.24) is 0 Å². The van der Waals surface area contributed by atoms with Crippen molar-refractivity contribution in [2.24, 2.45) is 0 Å². The van der Waals surface area contributed by atoms with Gasteiger partial charge in [0.15, 0.2) is 0 Å². The summed E-state index contributed by atoms with van der Waals surface area (Å²) in [6, 6.07) is 0. The molecule has 5 heteroatoms. The summed E-state index contributed by atoms with van der Waals surface area (Å²) >= 11 is 0. The zero-order valence-electron chi connectivity index (χ0n) is 8.41. The first-order chi connectivity index (χ1) is 6.79. The van der Waals surface area contributed by atoms with Gasteiger partial charge >= 0.3 is 0 Å². The van der Waals surface area contributed by atoms with Crippen LogP contribution in [0.25, 0.3) is 0 Å². The Morgan fingerprint density at radius 1 is 0.714 bits per heavy atom. The zero-order chi connectivity index (χ0) is 10.2. The monoisotopic (exact) mass is 238 g/mol. The van der Waals surface area contributed by atoms with Crippen LogP contribution in [0.5, 0.6) is 0 Å². The van der Waals surface area contributed by atoms with Crippen LogP contribution in [0.1, 0.15) is 19.3 Å². The fourth-order valence-corrected chi connectivity index (χ4v) is 3.38. The molecule has 0 atom stereocenters. The summed E-state index contributed by atoms with van der Waals surface area (Å²) in [5.74, 6) is 3.39. The van der Waals surface area contributed by atoms with Gasteiger partial charge in [0.25, 0.3) is 0 Å². The normalized spacial score (nSPS) is 25.1. The van der Waals surface area contributed by atoms with Crippen molar-refractivity contribution in [3.05, 3.63) is 0 Å². The molecule has 0 bridgehead atoms. The van der Waals surface area contributed by atoms with Crippen LogP contribution in [0, 0.1) is 0 Å². The molecule has 0 N–H and O–H groups in total. The summed E-state index contributed by atoms with van der Waals surface area (Å²) in [5.41, 5.74) is 0. The van der Waals surface area contributed by atoms with Crippen LogP contribution in [0.2, 0.25) is 0 Å². The summed E-state index contributed by atoms with van der Waals surface area (Å²) in [5, 5.41) is 0. The van der Waals surface area contributed by atoms with E-state index < -0.39 is 21.6 Å². The molecule has 2 rings (SSSR count). The second-order valence-electron chi connectivity index (χ2n) is 3.37. The lowest BCUT2D eigenvalue weighted by molar-refractivity contribution is 0.158. The molecule has 0 amide bonds. The third-order valence-corrected chi connectivity index (χ3v) is 4.89. The van der Waals surface area contributed by atoms with Crippen LogP contribution in [-0.2, 0) is 26.3 Å². The van der Waals surface area contributed by atoms with E-state index in [1.165, 1.54) is 19.3 Å². The molecule has 0 aromatic carbocycles. The molecular formula is C9H18O3S2. The molecular weight excluding hydrogens is 220 g/mol. The fourth-order valence-electron chi connectivity index (χ4n) is 1.31. The van der Waals surface area contributed by atoms with Gasteiger partial charge in [-0.3, -0.25) is 8.42 Å². The maximum absolute atomic E-state index is 10.6. The van der Waals surface area contributed by atoms with Crippen molar-refractivity contribution >= 4 is 21.6 Å². The minimum Gasteiger partial charge on any atom is -0.380 e. The Bertz CT molecular complexity index is 168. The largest absolute Gasteiger partial charge is 0.380 e. The number of hydrogen-bond acceptors (Lipinski definition) is 3. The Hall–Kier alpha value is 0.260. The average molecular weight is 238 g/mol. The molecule has 0 spiro atoms. The topological polar surface area (TPSA) is 43.4 Å².